The summed E-state index contributed by atoms with van der Waals surface area (Å²) < 4.78 is 0. The number of hydrogen-bond acceptors (Lipinski definition) is 5. The number of hydrogen-bond donors (Lipinski definition) is 0. The first kappa shape index (κ1) is 15.1. The maximum atomic E-state index is 12.3. The van der Waals surface area contributed by atoms with E-state index >= 15 is 0 Å². The van der Waals surface area contributed by atoms with Crippen LogP contribution in [0.2, 0.25) is 0 Å². The topological polar surface area (TPSA) is 52.6 Å². The summed E-state index contributed by atoms with van der Waals surface area (Å²) in [5.74, 6) is 1.85. The molecule has 0 saturated carbocycles. The number of carbonyl (C=O) groups excluding carboxylic acids is 1. The summed E-state index contributed by atoms with van der Waals surface area (Å²) in [7, 11) is 3.63. The van der Waals surface area contributed by atoms with Gasteiger partial charge in [-0.3, -0.25) is 4.79 Å². The highest BCUT2D eigenvalue weighted by Crippen LogP contribution is 2.26. The summed E-state index contributed by atoms with van der Waals surface area (Å²) in [4.78, 5) is 27.6. The monoisotopic (exact) mass is 303 g/mol. The van der Waals surface area contributed by atoms with Gasteiger partial charge in [0.05, 0.1) is 0 Å². The van der Waals surface area contributed by atoms with Crippen molar-refractivity contribution in [2.75, 3.05) is 43.5 Å². The van der Waals surface area contributed by atoms with Crippen molar-refractivity contribution in [3.63, 3.8) is 0 Å². The van der Waals surface area contributed by atoms with Crippen LogP contribution in [0.25, 0.3) is 0 Å². The predicted molar refractivity (Wildman–Crippen MR) is 87.2 cm³/mol. The molecule has 2 saturated heterocycles. The quantitative estimate of drug-likeness (QED) is 0.847. The van der Waals surface area contributed by atoms with Crippen LogP contribution >= 0.6 is 0 Å². The van der Waals surface area contributed by atoms with Gasteiger partial charge in [0.15, 0.2) is 0 Å². The molecule has 0 N–H and O–H groups in total. The van der Waals surface area contributed by atoms with Gasteiger partial charge in [0.25, 0.3) is 0 Å². The Balaban J connectivity index is 1.80. The molecule has 1 amide bonds. The number of nitrogens with zero attached hydrogens (tertiary/aromatic N) is 5. The number of rotatable bonds is 3. The van der Waals surface area contributed by atoms with Gasteiger partial charge in [-0.15, -0.1) is 0 Å². The van der Waals surface area contributed by atoms with E-state index in [9.17, 15) is 4.79 Å². The van der Waals surface area contributed by atoms with Crippen LogP contribution in [-0.2, 0) is 4.79 Å². The van der Waals surface area contributed by atoms with Gasteiger partial charge in [0, 0.05) is 39.9 Å². The summed E-state index contributed by atoms with van der Waals surface area (Å²) in [6.45, 7) is 2.95. The van der Waals surface area contributed by atoms with Crippen LogP contribution in [-0.4, -0.2) is 60.5 Å². The average Bonchev–Trinajstić information content (AvgIpc) is 3.04. The lowest BCUT2D eigenvalue weighted by molar-refractivity contribution is -0.129. The Morgan fingerprint density at radius 3 is 2.68 bits per heavy atom. The smallest absolute Gasteiger partial charge is 0.244 e. The average molecular weight is 303 g/mol. The third-order valence-electron chi connectivity index (χ3n) is 4.54. The molecule has 6 heteroatoms. The molecule has 2 aliphatic heterocycles. The zero-order valence-electron chi connectivity index (χ0n) is 13.5. The van der Waals surface area contributed by atoms with Gasteiger partial charge >= 0.3 is 0 Å². The Morgan fingerprint density at radius 1 is 1.18 bits per heavy atom. The molecule has 0 spiro atoms. The second-order valence-electron chi connectivity index (χ2n) is 6.35. The van der Waals surface area contributed by atoms with E-state index in [1.165, 1.54) is 19.3 Å². The Hall–Kier alpha value is -1.85. The highest BCUT2D eigenvalue weighted by Gasteiger charge is 2.33. The van der Waals surface area contributed by atoms with Crippen molar-refractivity contribution in [3.05, 3.63) is 12.3 Å². The van der Waals surface area contributed by atoms with Crippen LogP contribution in [0.4, 0.5) is 11.8 Å². The van der Waals surface area contributed by atoms with Crippen molar-refractivity contribution < 1.29 is 4.79 Å². The first-order valence-electron chi connectivity index (χ1n) is 8.22. The zero-order chi connectivity index (χ0) is 15.5. The van der Waals surface area contributed by atoms with Gasteiger partial charge in [-0.2, -0.15) is 4.98 Å². The molecule has 3 rings (SSSR count). The van der Waals surface area contributed by atoms with Crippen molar-refractivity contribution in [2.24, 2.45) is 0 Å². The number of aromatic nitrogens is 2. The maximum Gasteiger partial charge on any atom is 0.244 e. The fourth-order valence-electron chi connectivity index (χ4n) is 3.34. The molecule has 0 bridgehead atoms. The normalized spacial score (nSPS) is 22.0. The fraction of sp³-hybridized carbons (Fsp3) is 0.688. The van der Waals surface area contributed by atoms with Crippen LogP contribution in [0, 0.1) is 0 Å². The number of amides is 1. The molecule has 0 unspecified atom stereocenters. The van der Waals surface area contributed by atoms with Gasteiger partial charge in [0.1, 0.15) is 11.9 Å². The minimum atomic E-state index is -0.0842. The number of likely N-dealkylation sites (N-methyl/N-ethyl adjacent to an activating group) is 1. The Labute approximate surface area is 132 Å². The van der Waals surface area contributed by atoms with E-state index in [4.69, 9.17) is 4.98 Å². The fourth-order valence-corrected chi connectivity index (χ4v) is 3.34. The molecule has 1 aromatic heterocycles. The van der Waals surface area contributed by atoms with Crippen molar-refractivity contribution in [1.29, 1.82) is 0 Å². The number of carbonyl (C=O) groups is 1. The molecule has 3 heterocycles. The molecule has 1 atom stereocenters. The van der Waals surface area contributed by atoms with Crippen LogP contribution in [0.3, 0.4) is 0 Å². The van der Waals surface area contributed by atoms with Crippen molar-refractivity contribution in [1.82, 2.24) is 14.9 Å². The van der Waals surface area contributed by atoms with E-state index in [-0.39, 0.29) is 11.9 Å². The molecule has 120 valence electrons. The maximum absolute atomic E-state index is 12.3. The lowest BCUT2D eigenvalue weighted by atomic mass is 10.1. The van der Waals surface area contributed by atoms with E-state index in [0.717, 1.165) is 44.2 Å². The summed E-state index contributed by atoms with van der Waals surface area (Å²) >= 11 is 0. The molecular weight excluding hydrogens is 278 g/mol. The molecule has 0 aromatic carbocycles. The lowest BCUT2D eigenvalue weighted by Gasteiger charge is -2.29. The summed E-state index contributed by atoms with van der Waals surface area (Å²) in [5, 5.41) is 0. The van der Waals surface area contributed by atoms with Crippen molar-refractivity contribution >= 4 is 17.7 Å². The van der Waals surface area contributed by atoms with Gasteiger partial charge in [-0.1, -0.05) is 0 Å². The summed E-state index contributed by atoms with van der Waals surface area (Å²) in [6, 6.07) is 1.84. The van der Waals surface area contributed by atoms with Crippen molar-refractivity contribution in [2.45, 2.75) is 38.1 Å². The SMILES string of the molecule is CN(C)C(=O)[C@H]1CCCN1c1ccnc(N2CCCCC2)n1. The van der Waals surface area contributed by atoms with Crippen LogP contribution in [0.5, 0.6) is 0 Å². The Bertz CT molecular complexity index is 527. The van der Waals surface area contributed by atoms with Gasteiger partial charge in [0.2, 0.25) is 11.9 Å². The molecule has 0 aliphatic carbocycles. The van der Waals surface area contributed by atoms with E-state index in [2.05, 4.69) is 14.8 Å². The third kappa shape index (κ3) is 3.00. The van der Waals surface area contributed by atoms with E-state index in [1.54, 1.807) is 4.90 Å². The molecular formula is C16H25N5O. The molecule has 1 aromatic rings. The molecule has 0 radical (unpaired) electrons. The second-order valence-corrected chi connectivity index (χ2v) is 6.35. The first-order chi connectivity index (χ1) is 10.7. The number of anilines is 2. The highest BCUT2D eigenvalue weighted by molar-refractivity contribution is 5.85. The highest BCUT2D eigenvalue weighted by atomic mass is 16.2. The van der Waals surface area contributed by atoms with E-state index in [1.807, 2.05) is 26.4 Å². The van der Waals surface area contributed by atoms with Gasteiger partial charge in [-0.05, 0) is 38.2 Å². The van der Waals surface area contributed by atoms with Crippen molar-refractivity contribution in [3.8, 4) is 0 Å². The second kappa shape index (κ2) is 6.50. The van der Waals surface area contributed by atoms with Crippen LogP contribution < -0.4 is 9.80 Å². The van der Waals surface area contributed by atoms with Gasteiger partial charge in [-0.25, -0.2) is 4.98 Å². The Morgan fingerprint density at radius 2 is 1.95 bits per heavy atom. The minimum Gasteiger partial charge on any atom is -0.347 e. The molecule has 2 fully saturated rings. The largest absolute Gasteiger partial charge is 0.347 e. The minimum absolute atomic E-state index is 0.0842. The Kier molecular flexibility index (Phi) is 4.45. The summed E-state index contributed by atoms with van der Waals surface area (Å²) in [6.07, 6.45) is 7.47. The first-order valence-corrected chi connectivity index (χ1v) is 8.22. The molecule has 6 nitrogen and oxygen atoms in total. The van der Waals surface area contributed by atoms with Crippen LogP contribution in [0.15, 0.2) is 12.3 Å². The predicted octanol–water partition coefficient (Wildman–Crippen LogP) is 1.52. The summed E-state index contributed by atoms with van der Waals surface area (Å²) in [5.41, 5.74) is 0. The van der Waals surface area contributed by atoms with E-state index < -0.39 is 0 Å². The van der Waals surface area contributed by atoms with Gasteiger partial charge < -0.3 is 14.7 Å². The molecule has 2 aliphatic rings. The third-order valence-corrected chi connectivity index (χ3v) is 4.54. The zero-order valence-corrected chi connectivity index (χ0v) is 13.5. The van der Waals surface area contributed by atoms with Crippen LogP contribution in [0.1, 0.15) is 32.1 Å². The lowest BCUT2D eigenvalue weighted by Crippen LogP contribution is -2.43. The number of piperidine rings is 1. The molecule has 22 heavy (non-hydrogen) atoms. The standard InChI is InChI=1S/C16H25N5O/c1-19(2)15(22)13-7-6-12-21(13)14-8-9-17-16(18-14)20-10-4-3-5-11-20/h8-9,13H,3-7,10-12H2,1-2H3/t13-/m1/s1. The van der Waals surface area contributed by atoms with E-state index in [0.29, 0.717) is 0 Å².